The van der Waals surface area contributed by atoms with Gasteiger partial charge in [-0.05, 0) is 23.8 Å². The molecule has 4 rings (SSSR count). The molecule has 0 amide bonds. The lowest BCUT2D eigenvalue weighted by atomic mass is 10.0. The standard InChI is InChI=1S/C18H22N6O/c1-22-12-17(20-21-22)16-11-23(13-18(16)25-2)10-14-4-6-15(7-5-14)24-9-3-8-19-24/h3-9,12,16,18H,10-11,13H2,1-2H3/t16-,18+/m0/s1. The van der Waals surface area contributed by atoms with Crippen LogP contribution < -0.4 is 0 Å². The SMILES string of the molecule is CO[C@@H]1CN(Cc2ccc(-n3cccn3)cc2)C[C@H]1c1cn(C)nn1. The average Bonchev–Trinajstić information content (AvgIpc) is 3.35. The van der Waals surface area contributed by atoms with Crippen LogP contribution in [-0.4, -0.2) is 56.0 Å². The molecule has 3 heterocycles. The van der Waals surface area contributed by atoms with Crippen molar-refractivity contribution >= 4 is 0 Å². The second kappa shape index (κ2) is 6.78. The van der Waals surface area contributed by atoms with E-state index in [9.17, 15) is 0 Å². The van der Waals surface area contributed by atoms with Gasteiger partial charge in [0, 0.05) is 58.3 Å². The highest BCUT2D eigenvalue weighted by Gasteiger charge is 2.35. The number of methoxy groups -OCH3 is 1. The Balaban J connectivity index is 1.44. The Morgan fingerprint density at radius 3 is 2.68 bits per heavy atom. The van der Waals surface area contributed by atoms with Gasteiger partial charge in [-0.25, -0.2) is 4.68 Å². The van der Waals surface area contributed by atoms with Crippen LogP contribution in [0.1, 0.15) is 17.2 Å². The number of likely N-dealkylation sites (tertiary alicyclic amines) is 1. The van der Waals surface area contributed by atoms with E-state index in [1.807, 2.05) is 30.2 Å². The molecule has 0 unspecified atom stereocenters. The summed E-state index contributed by atoms with van der Waals surface area (Å²) in [5.74, 6) is 0.266. The summed E-state index contributed by atoms with van der Waals surface area (Å²) in [4.78, 5) is 2.41. The number of benzene rings is 1. The fourth-order valence-electron chi connectivity index (χ4n) is 3.47. The molecule has 0 aliphatic carbocycles. The minimum absolute atomic E-state index is 0.153. The molecular formula is C18H22N6O. The largest absolute Gasteiger partial charge is 0.379 e. The fraction of sp³-hybridized carbons (Fsp3) is 0.389. The monoisotopic (exact) mass is 338 g/mol. The van der Waals surface area contributed by atoms with Crippen molar-refractivity contribution in [2.45, 2.75) is 18.6 Å². The van der Waals surface area contributed by atoms with Crippen molar-refractivity contribution in [3.05, 3.63) is 60.2 Å². The van der Waals surface area contributed by atoms with E-state index >= 15 is 0 Å². The first-order chi connectivity index (χ1) is 12.2. The first-order valence-electron chi connectivity index (χ1n) is 8.43. The van der Waals surface area contributed by atoms with Crippen LogP contribution in [0.5, 0.6) is 0 Å². The van der Waals surface area contributed by atoms with E-state index in [4.69, 9.17) is 4.74 Å². The molecule has 1 aromatic carbocycles. The third-order valence-corrected chi connectivity index (χ3v) is 4.76. The van der Waals surface area contributed by atoms with Gasteiger partial charge in [-0.3, -0.25) is 9.58 Å². The molecule has 1 fully saturated rings. The van der Waals surface area contributed by atoms with Gasteiger partial charge in [0.1, 0.15) is 0 Å². The highest BCUT2D eigenvalue weighted by Crippen LogP contribution is 2.29. The zero-order valence-corrected chi connectivity index (χ0v) is 14.5. The molecule has 2 aromatic heterocycles. The third-order valence-electron chi connectivity index (χ3n) is 4.76. The molecule has 0 saturated carbocycles. The van der Waals surface area contributed by atoms with E-state index < -0.39 is 0 Å². The summed E-state index contributed by atoms with van der Waals surface area (Å²) in [7, 11) is 3.67. The first kappa shape index (κ1) is 16.0. The Kier molecular flexibility index (Phi) is 4.33. The van der Waals surface area contributed by atoms with Crippen LogP contribution in [0.15, 0.2) is 48.9 Å². The van der Waals surface area contributed by atoms with Crippen LogP contribution in [0.4, 0.5) is 0 Å². The van der Waals surface area contributed by atoms with E-state index in [1.165, 1.54) is 5.56 Å². The molecule has 7 nitrogen and oxygen atoms in total. The van der Waals surface area contributed by atoms with Crippen molar-refractivity contribution in [1.82, 2.24) is 29.7 Å². The lowest BCUT2D eigenvalue weighted by molar-refractivity contribution is 0.0957. The lowest BCUT2D eigenvalue weighted by Gasteiger charge is -2.15. The van der Waals surface area contributed by atoms with E-state index in [2.05, 4.69) is 44.6 Å². The van der Waals surface area contributed by atoms with Crippen LogP contribution in [0, 0.1) is 0 Å². The predicted octanol–water partition coefficient (Wildman–Crippen LogP) is 1.62. The topological polar surface area (TPSA) is 61.0 Å². The van der Waals surface area contributed by atoms with Gasteiger partial charge in [-0.15, -0.1) is 5.10 Å². The highest BCUT2D eigenvalue weighted by atomic mass is 16.5. The molecule has 0 bridgehead atoms. The van der Waals surface area contributed by atoms with Gasteiger partial charge in [-0.1, -0.05) is 17.3 Å². The summed E-state index contributed by atoms with van der Waals surface area (Å²) in [6.45, 7) is 2.73. The molecule has 0 N–H and O–H groups in total. The van der Waals surface area contributed by atoms with Gasteiger partial charge in [0.2, 0.25) is 0 Å². The van der Waals surface area contributed by atoms with E-state index in [0.717, 1.165) is 31.0 Å². The summed E-state index contributed by atoms with van der Waals surface area (Å²) in [5.41, 5.74) is 3.36. The van der Waals surface area contributed by atoms with E-state index in [1.54, 1.807) is 18.0 Å². The van der Waals surface area contributed by atoms with Crippen molar-refractivity contribution < 1.29 is 4.74 Å². The summed E-state index contributed by atoms with van der Waals surface area (Å²) < 4.78 is 9.31. The minimum atomic E-state index is 0.153. The van der Waals surface area contributed by atoms with Crippen LogP contribution in [-0.2, 0) is 18.3 Å². The second-order valence-electron chi connectivity index (χ2n) is 6.51. The summed E-state index contributed by atoms with van der Waals surface area (Å²) >= 11 is 0. The van der Waals surface area contributed by atoms with Crippen LogP contribution in [0.3, 0.4) is 0 Å². The average molecular weight is 338 g/mol. The lowest BCUT2D eigenvalue weighted by Crippen LogP contribution is -2.22. The summed E-state index contributed by atoms with van der Waals surface area (Å²) in [6, 6.07) is 10.5. The first-order valence-corrected chi connectivity index (χ1v) is 8.43. The summed E-state index contributed by atoms with van der Waals surface area (Å²) in [6.07, 6.45) is 5.87. The molecular weight excluding hydrogens is 316 g/mol. The molecule has 25 heavy (non-hydrogen) atoms. The summed E-state index contributed by atoms with van der Waals surface area (Å²) in [5, 5.41) is 12.6. The smallest absolute Gasteiger partial charge is 0.0897 e. The third kappa shape index (κ3) is 3.33. The molecule has 0 spiro atoms. The number of nitrogens with zero attached hydrogens (tertiary/aromatic N) is 6. The zero-order valence-electron chi connectivity index (χ0n) is 14.5. The minimum Gasteiger partial charge on any atom is -0.379 e. The maximum atomic E-state index is 5.69. The maximum Gasteiger partial charge on any atom is 0.0897 e. The van der Waals surface area contributed by atoms with Crippen molar-refractivity contribution in [2.24, 2.45) is 7.05 Å². The molecule has 7 heteroatoms. The molecule has 2 atom stereocenters. The van der Waals surface area contributed by atoms with Gasteiger partial charge in [-0.2, -0.15) is 5.10 Å². The predicted molar refractivity (Wildman–Crippen MR) is 93.4 cm³/mol. The van der Waals surface area contributed by atoms with Gasteiger partial charge < -0.3 is 4.74 Å². The fourth-order valence-corrected chi connectivity index (χ4v) is 3.47. The van der Waals surface area contributed by atoms with Crippen LogP contribution >= 0.6 is 0 Å². The Bertz CT molecular complexity index is 810. The van der Waals surface area contributed by atoms with Crippen molar-refractivity contribution in [1.29, 1.82) is 0 Å². The van der Waals surface area contributed by atoms with Crippen molar-refractivity contribution in [3.8, 4) is 5.69 Å². The van der Waals surface area contributed by atoms with Gasteiger partial charge in [0.25, 0.3) is 0 Å². The molecule has 1 saturated heterocycles. The Morgan fingerprint density at radius 2 is 2.04 bits per heavy atom. The molecule has 1 aliphatic rings. The normalized spacial score (nSPS) is 21.0. The van der Waals surface area contributed by atoms with Gasteiger partial charge in [0.15, 0.2) is 0 Å². The number of hydrogen-bond donors (Lipinski definition) is 0. The Labute approximate surface area is 146 Å². The van der Waals surface area contributed by atoms with Crippen LogP contribution in [0.2, 0.25) is 0 Å². The zero-order chi connectivity index (χ0) is 17.2. The maximum absolute atomic E-state index is 5.69. The van der Waals surface area contributed by atoms with Crippen molar-refractivity contribution in [2.75, 3.05) is 20.2 Å². The second-order valence-corrected chi connectivity index (χ2v) is 6.51. The highest BCUT2D eigenvalue weighted by molar-refractivity contribution is 5.33. The van der Waals surface area contributed by atoms with E-state index in [-0.39, 0.29) is 12.0 Å². The number of rotatable bonds is 5. The van der Waals surface area contributed by atoms with Gasteiger partial charge in [0.05, 0.1) is 17.5 Å². The molecule has 0 radical (unpaired) electrons. The number of aryl methyl sites for hydroxylation is 1. The molecule has 3 aromatic rings. The molecule has 1 aliphatic heterocycles. The van der Waals surface area contributed by atoms with Gasteiger partial charge >= 0.3 is 0 Å². The number of ether oxygens (including phenoxy) is 1. The Hall–Kier alpha value is -2.51. The van der Waals surface area contributed by atoms with Crippen LogP contribution in [0.25, 0.3) is 5.69 Å². The quantitative estimate of drug-likeness (QED) is 0.707. The van der Waals surface area contributed by atoms with E-state index in [0.29, 0.717) is 0 Å². The Morgan fingerprint density at radius 1 is 1.20 bits per heavy atom. The molecule has 130 valence electrons. The van der Waals surface area contributed by atoms with Crippen molar-refractivity contribution in [3.63, 3.8) is 0 Å². The number of hydrogen-bond acceptors (Lipinski definition) is 5. The number of aromatic nitrogens is 5.